The molecular weight excluding hydrogens is 258 g/mol. The maximum Gasteiger partial charge on any atom is 0.123 e. The Morgan fingerprint density at radius 1 is 1.42 bits per heavy atom. The summed E-state index contributed by atoms with van der Waals surface area (Å²) in [6, 6.07) is 8.17. The summed E-state index contributed by atoms with van der Waals surface area (Å²) < 4.78 is 5.05. The van der Waals surface area contributed by atoms with Crippen molar-refractivity contribution in [1.29, 1.82) is 0 Å². The molecule has 1 unspecified atom stereocenters. The first kappa shape index (κ1) is 14.0. The van der Waals surface area contributed by atoms with Crippen LogP contribution in [0, 0.1) is 0 Å². The number of imidazole rings is 1. The lowest BCUT2D eigenvalue weighted by atomic mass is 10.1. The standard InChI is InChI=1S/C14H19N3OS/c1-18-10-4-7-15-12-6-3-2-5-11(12)13(19)14-16-8-9-17-14/h2-3,5-6,8-9,13,15,19H,4,7,10H2,1H3,(H,16,17). The van der Waals surface area contributed by atoms with Crippen molar-refractivity contribution in [2.75, 3.05) is 25.6 Å². The zero-order valence-corrected chi connectivity index (χ0v) is 11.9. The molecule has 0 bridgehead atoms. The fourth-order valence-electron chi connectivity index (χ4n) is 1.91. The van der Waals surface area contributed by atoms with E-state index in [1.165, 1.54) is 0 Å². The summed E-state index contributed by atoms with van der Waals surface area (Å²) in [4.78, 5) is 7.37. The van der Waals surface area contributed by atoms with Gasteiger partial charge in [-0.15, -0.1) is 0 Å². The van der Waals surface area contributed by atoms with E-state index >= 15 is 0 Å². The Balaban J connectivity index is 2.07. The number of hydrogen-bond donors (Lipinski definition) is 3. The molecule has 0 spiro atoms. The quantitative estimate of drug-likeness (QED) is 0.539. The van der Waals surface area contributed by atoms with Gasteiger partial charge in [0, 0.05) is 38.3 Å². The molecule has 1 aromatic carbocycles. The lowest BCUT2D eigenvalue weighted by Gasteiger charge is -2.15. The topological polar surface area (TPSA) is 49.9 Å². The number of anilines is 1. The molecule has 0 fully saturated rings. The van der Waals surface area contributed by atoms with Crippen molar-refractivity contribution >= 4 is 18.3 Å². The van der Waals surface area contributed by atoms with Crippen LogP contribution in [0.3, 0.4) is 0 Å². The molecule has 1 heterocycles. The number of H-pyrrole nitrogens is 1. The van der Waals surface area contributed by atoms with Crippen molar-refractivity contribution in [2.45, 2.75) is 11.7 Å². The van der Waals surface area contributed by atoms with Gasteiger partial charge in [0.2, 0.25) is 0 Å². The van der Waals surface area contributed by atoms with E-state index in [0.29, 0.717) is 0 Å². The molecule has 5 heteroatoms. The minimum absolute atomic E-state index is 0.0545. The average molecular weight is 277 g/mol. The molecular formula is C14H19N3OS. The molecule has 0 aliphatic rings. The van der Waals surface area contributed by atoms with E-state index in [1.54, 1.807) is 13.3 Å². The van der Waals surface area contributed by atoms with Crippen LogP contribution in [0.15, 0.2) is 36.7 Å². The van der Waals surface area contributed by atoms with Gasteiger partial charge in [0.15, 0.2) is 0 Å². The monoisotopic (exact) mass is 277 g/mol. The van der Waals surface area contributed by atoms with Gasteiger partial charge in [-0.1, -0.05) is 18.2 Å². The van der Waals surface area contributed by atoms with Gasteiger partial charge in [-0.2, -0.15) is 12.6 Å². The Bertz CT molecular complexity index is 487. The third kappa shape index (κ3) is 3.75. The summed E-state index contributed by atoms with van der Waals surface area (Å²) >= 11 is 4.65. The van der Waals surface area contributed by atoms with E-state index in [0.717, 1.165) is 36.6 Å². The predicted octanol–water partition coefficient (Wildman–Crippen LogP) is 2.88. The van der Waals surface area contributed by atoms with Gasteiger partial charge in [0.25, 0.3) is 0 Å². The summed E-state index contributed by atoms with van der Waals surface area (Å²) in [5.74, 6) is 0.856. The molecule has 102 valence electrons. The molecule has 4 nitrogen and oxygen atoms in total. The second kappa shape index (κ2) is 7.21. The Hall–Kier alpha value is -1.46. The van der Waals surface area contributed by atoms with Crippen molar-refractivity contribution in [3.05, 3.63) is 48.0 Å². The van der Waals surface area contributed by atoms with Crippen molar-refractivity contribution < 1.29 is 4.74 Å². The first-order valence-corrected chi connectivity index (χ1v) is 6.83. The van der Waals surface area contributed by atoms with E-state index in [9.17, 15) is 0 Å². The van der Waals surface area contributed by atoms with Gasteiger partial charge >= 0.3 is 0 Å². The van der Waals surface area contributed by atoms with Crippen LogP contribution in [-0.4, -0.2) is 30.2 Å². The lowest BCUT2D eigenvalue weighted by Crippen LogP contribution is -2.08. The number of hydrogen-bond acceptors (Lipinski definition) is 4. The molecule has 1 atom stereocenters. The fourth-order valence-corrected chi connectivity index (χ4v) is 2.28. The summed E-state index contributed by atoms with van der Waals surface area (Å²) in [6.07, 6.45) is 4.53. The summed E-state index contributed by atoms with van der Waals surface area (Å²) in [7, 11) is 1.72. The highest BCUT2D eigenvalue weighted by Gasteiger charge is 2.14. The maximum atomic E-state index is 5.05. The highest BCUT2D eigenvalue weighted by Crippen LogP contribution is 2.31. The molecule has 0 radical (unpaired) electrons. The largest absolute Gasteiger partial charge is 0.385 e. The molecule has 0 saturated heterocycles. The maximum absolute atomic E-state index is 5.05. The number of nitrogens with one attached hydrogen (secondary N) is 2. The number of thiol groups is 1. The zero-order valence-electron chi connectivity index (χ0n) is 11.0. The van der Waals surface area contributed by atoms with Gasteiger partial charge in [-0.05, 0) is 18.1 Å². The number of aromatic amines is 1. The molecule has 0 saturated carbocycles. The first-order valence-electron chi connectivity index (χ1n) is 6.32. The SMILES string of the molecule is COCCCNc1ccccc1C(S)c1ncc[nH]1. The van der Waals surface area contributed by atoms with Gasteiger partial charge in [0.05, 0.1) is 5.25 Å². The van der Waals surface area contributed by atoms with Crippen LogP contribution < -0.4 is 5.32 Å². The average Bonchev–Trinajstić information content (AvgIpc) is 2.97. The number of para-hydroxylation sites is 1. The van der Waals surface area contributed by atoms with Crippen LogP contribution in [0.1, 0.15) is 23.1 Å². The Morgan fingerprint density at radius 3 is 3.00 bits per heavy atom. The van der Waals surface area contributed by atoms with Crippen molar-refractivity contribution in [1.82, 2.24) is 9.97 Å². The number of aromatic nitrogens is 2. The van der Waals surface area contributed by atoms with Crippen LogP contribution in [-0.2, 0) is 4.74 Å². The third-order valence-electron chi connectivity index (χ3n) is 2.87. The highest BCUT2D eigenvalue weighted by atomic mass is 32.1. The summed E-state index contributed by atoms with van der Waals surface area (Å²) in [5.41, 5.74) is 2.22. The van der Waals surface area contributed by atoms with E-state index in [2.05, 4.69) is 40.0 Å². The van der Waals surface area contributed by atoms with Crippen LogP contribution in [0.5, 0.6) is 0 Å². The summed E-state index contributed by atoms with van der Waals surface area (Å²) in [6.45, 7) is 1.64. The highest BCUT2D eigenvalue weighted by molar-refractivity contribution is 7.80. The molecule has 2 aromatic rings. The van der Waals surface area contributed by atoms with Gasteiger partial charge < -0.3 is 15.0 Å². The van der Waals surface area contributed by atoms with Crippen LogP contribution in [0.4, 0.5) is 5.69 Å². The molecule has 19 heavy (non-hydrogen) atoms. The lowest BCUT2D eigenvalue weighted by molar-refractivity contribution is 0.198. The van der Waals surface area contributed by atoms with Crippen LogP contribution >= 0.6 is 12.6 Å². The fraction of sp³-hybridized carbons (Fsp3) is 0.357. The second-order valence-corrected chi connectivity index (χ2v) is 4.75. The second-order valence-electron chi connectivity index (χ2n) is 4.24. The van der Waals surface area contributed by atoms with E-state index < -0.39 is 0 Å². The Kier molecular flexibility index (Phi) is 5.30. The van der Waals surface area contributed by atoms with Gasteiger partial charge in [-0.25, -0.2) is 4.98 Å². The first-order chi connectivity index (χ1) is 9.33. The van der Waals surface area contributed by atoms with E-state index in [-0.39, 0.29) is 5.25 Å². The smallest absolute Gasteiger partial charge is 0.123 e. The molecule has 0 amide bonds. The Labute approximate surface area is 119 Å². The molecule has 2 N–H and O–H groups in total. The van der Waals surface area contributed by atoms with E-state index in [4.69, 9.17) is 4.74 Å². The number of nitrogens with zero attached hydrogens (tertiary/aromatic N) is 1. The van der Waals surface area contributed by atoms with Crippen LogP contribution in [0.2, 0.25) is 0 Å². The normalized spacial score (nSPS) is 12.3. The number of rotatable bonds is 7. The van der Waals surface area contributed by atoms with E-state index in [1.807, 2.05) is 18.3 Å². The van der Waals surface area contributed by atoms with Crippen molar-refractivity contribution in [3.63, 3.8) is 0 Å². The molecule has 0 aliphatic heterocycles. The van der Waals surface area contributed by atoms with Gasteiger partial charge in [0.1, 0.15) is 5.82 Å². The van der Waals surface area contributed by atoms with Crippen molar-refractivity contribution in [2.24, 2.45) is 0 Å². The van der Waals surface area contributed by atoms with Crippen LogP contribution in [0.25, 0.3) is 0 Å². The Morgan fingerprint density at radius 2 is 2.26 bits per heavy atom. The number of ether oxygens (including phenoxy) is 1. The number of methoxy groups -OCH3 is 1. The van der Waals surface area contributed by atoms with Gasteiger partial charge in [-0.3, -0.25) is 0 Å². The zero-order chi connectivity index (χ0) is 13.5. The predicted molar refractivity (Wildman–Crippen MR) is 80.8 cm³/mol. The third-order valence-corrected chi connectivity index (χ3v) is 3.40. The molecule has 0 aliphatic carbocycles. The summed E-state index contributed by atoms with van der Waals surface area (Å²) in [5, 5.41) is 3.37. The minimum atomic E-state index is -0.0545. The minimum Gasteiger partial charge on any atom is -0.385 e. The number of benzene rings is 1. The van der Waals surface area contributed by atoms with Crippen molar-refractivity contribution in [3.8, 4) is 0 Å². The molecule has 1 aromatic heterocycles. The molecule has 2 rings (SSSR count).